The fourth-order valence-corrected chi connectivity index (χ4v) is 1.94. The van der Waals surface area contributed by atoms with Gasteiger partial charge in [0.25, 0.3) is 0 Å². The van der Waals surface area contributed by atoms with Gasteiger partial charge in [-0.2, -0.15) is 13.2 Å². The molecule has 1 fully saturated rings. The van der Waals surface area contributed by atoms with Crippen molar-refractivity contribution < 1.29 is 23.0 Å². The van der Waals surface area contributed by atoms with Crippen LogP contribution in [-0.4, -0.2) is 35.5 Å². The first-order chi connectivity index (χ1) is 8.80. The molecule has 1 saturated heterocycles. The van der Waals surface area contributed by atoms with Crippen LogP contribution < -0.4 is 5.32 Å². The second-order valence-electron chi connectivity index (χ2n) is 4.43. The Morgan fingerprint density at radius 3 is 2.79 bits per heavy atom. The molecule has 2 rings (SSSR count). The van der Waals surface area contributed by atoms with Crippen LogP contribution >= 0.6 is 11.6 Å². The summed E-state index contributed by atoms with van der Waals surface area (Å²) in [5.41, 5.74) is -1.95. The van der Waals surface area contributed by atoms with Gasteiger partial charge in [-0.3, -0.25) is 0 Å². The van der Waals surface area contributed by atoms with E-state index >= 15 is 0 Å². The number of hydrogen-bond acceptors (Lipinski definition) is 4. The number of aromatic nitrogens is 1. The molecule has 0 saturated carbocycles. The van der Waals surface area contributed by atoms with Gasteiger partial charge < -0.3 is 15.2 Å². The fraction of sp³-hybridized carbons (Fsp3) is 0.545. The molecule has 0 aliphatic carbocycles. The quantitative estimate of drug-likeness (QED) is 0.899. The number of ether oxygens (including phenoxy) is 1. The molecule has 2 N–H and O–H groups in total. The number of alkyl halides is 3. The third-order valence-electron chi connectivity index (χ3n) is 2.84. The zero-order valence-electron chi connectivity index (χ0n) is 9.80. The average molecular weight is 297 g/mol. The fourth-order valence-electron chi connectivity index (χ4n) is 1.71. The van der Waals surface area contributed by atoms with Crippen LogP contribution in [0.25, 0.3) is 0 Å². The van der Waals surface area contributed by atoms with Crippen LogP contribution in [0.5, 0.6) is 0 Å². The summed E-state index contributed by atoms with van der Waals surface area (Å²) in [4.78, 5) is 3.62. The first-order valence-electron chi connectivity index (χ1n) is 5.57. The molecule has 0 radical (unpaired) electrons. The van der Waals surface area contributed by atoms with E-state index in [0.29, 0.717) is 19.2 Å². The van der Waals surface area contributed by atoms with E-state index in [1.807, 2.05) is 0 Å². The summed E-state index contributed by atoms with van der Waals surface area (Å²) >= 11 is 5.73. The predicted octanol–water partition coefficient (Wildman–Crippen LogP) is 2.32. The highest BCUT2D eigenvalue weighted by Crippen LogP contribution is 2.32. The Morgan fingerprint density at radius 1 is 1.53 bits per heavy atom. The lowest BCUT2D eigenvalue weighted by Crippen LogP contribution is -2.37. The highest BCUT2D eigenvalue weighted by Gasteiger charge is 2.33. The van der Waals surface area contributed by atoms with Crippen molar-refractivity contribution in [2.45, 2.75) is 18.2 Å². The molecule has 0 amide bonds. The summed E-state index contributed by atoms with van der Waals surface area (Å²) in [5.74, 6) is 0.106. The minimum Gasteiger partial charge on any atom is -0.386 e. The normalized spacial score (nSPS) is 23.6. The smallest absolute Gasteiger partial charge is 0.386 e. The monoisotopic (exact) mass is 296 g/mol. The summed E-state index contributed by atoms with van der Waals surface area (Å²) in [6.45, 7) is 0.746. The SMILES string of the molecule is OC1(CNc2ncc(C(F)(F)F)cc2Cl)CCOC1. The molecule has 1 atom stereocenters. The number of nitrogens with zero attached hydrogens (tertiary/aromatic N) is 1. The second kappa shape index (κ2) is 5.15. The van der Waals surface area contributed by atoms with Gasteiger partial charge in [-0.05, 0) is 6.07 Å². The molecule has 0 bridgehead atoms. The molecule has 2 heterocycles. The van der Waals surface area contributed by atoms with Crippen LogP contribution in [0.1, 0.15) is 12.0 Å². The van der Waals surface area contributed by atoms with E-state index in [0.717, 1.165) is 6.07 Å². The van der Waals surface area contributed by atoms with Crippen molar-refractivity contribution in [1.82, 2.24) is 4.98 Å². The topological polar surface area (TPSA) is 54.4 Å². The molecule has 0 spiro atoms. The number of nitrogens with one attached hydrogen (secondary N) is 1. The van der Waals surface area contributed by atoms with E-state index < -0.39 is 17.3 Å². The van der Waals surface area contributed by atoms with Gasteiger partial charge in [-0.25, -0.2) is 4.98 Å². The Bertz CT molecular complexity index is 462. The maximum Gasteiger partial charge on any atom is 0.417 e. The molecule has 1 aliphatic rings. The number of anilines is 1. The Balaban J connectivity index is 2.05. The van der Waals surface area contributed by atoms with E-state index in [2.05, 4.69) is 10.3 Å². The van der Waals surface area contributed by atoms with Crippen LogP contribution in [-0.2, 0) is 10.9 Å². The zero-order chi connectivity index (χ0) is 14.1. The summed E-state index contributed by atoms with van der Waals surface area (Å²) in [7, 11) is 0. The Morgan fingerprint density at radius 2 is 2.26 bits per heavy atom. The summed E-state index contributed by atoms with van der Waals surface area (Å²) < 4.78 is 42.3. The molecule has 4 nitrogen and oxygen atoms in total. The van der Waals surface area contributed by atoms with Crippen molar-refractivity contribution in [3.05, 3.63) is 22.8 Å². The molecule has 106 valence electrons. The zero-order valence-corrected chi connectivity index (χ0v) is 10.6. The average Bonchev–Trinajstić information content (AvgIpc) is 2.74. The molecule has 0 aromatic carbocycles. The van der Waals surface area contributed by atoms with Crippen molar-refractivity contribution in [2.24, 2.45) is 0 Å². The molecule has 1 aliphatic heterocycles. The van der Waals surface area contributed by atoms with E-state index in [-0.39, 0.29) is 24.0 Å². The van der Waals surface area contributed by atoms with Gasteiger partial charge in [-0.15, -0.1) is 0 Å². The van der Waals surface area contributed by atoms with E-state index in [1.165, 1.54) is 0 Å². The lowest BCUT2D eigenvalue weighted by Gasteiger charge is -2.21. The highest BCUT2D eigenvalue weighted by atomic mass is 35.5. The van der Waals surface area contributed by atoms with Crippen LogP contribution in [0.15, 0.2) is 12.3 Å². The van der Waals surface area contributed by atoms with Gasteiger partial charge >= 0.3 is 6.18 Å². The minimum atomic E-state index is -4.48. The van der Waals surface area contributed by atoms with Crippen LogP contribution in [0, 0.1) is 0 Å². The molecule has 1 aromatic heterocycles. The highest BCUT2D eigenvalue weighted by molar-refractivity contribution is 6.32. The van der Waals surface area contributed by atoms with Gasteiger partial charge in [0.05, 0.1) is 17.2 Å². The maximum absolute atomic E-state index is 12.4. The Kier molecular flexibility index (Phi) is 3.89. The first kappa shape index (κ1) is 14.4. The number of aliphatic hydroxyl groups is 1. The van der Waals surface area contributed by atoms with Crippen molar-refractivity contribution in [3.63, 3.8) is 0 Å². The lowest BCUT2D eigenvalue weighted by molar-refractivity contribution is -0.137. The van der Waals surface area contributed by atoms with Gasteiger partial charge in [0.2, 0.25) is 0 Å². The van der Waals surface area contributed by atoms with Crippen molar-refractivity contribution in [1.29, 1.82) is 0 Å². The van der Waals surface area contributed by atoms with Gasteiger partial charge in [0.1, 0.15) is 11.4 Å². The van der Waals surface area contributed by atoms with E-state index in [4.69, 9.17) is 16.3 Å². The number of hydrogen-bond donors (Lipinski definition) is 2. The summed E-state index contributed by atoms with van der Waals surface area (Å²) in [6, 6.07) is 0.798. The molecule has 1 unspecified atom stereocenters. The second-order valence-corrected chi connectivity index (χ2v) is 4.84. The lowest BCUT2D eigenvalue weighted by atomic mass is 10.0. The van der Waals surface area contributed by atoms with Crippen LogP contribution in [0.4, 0.5) is 19.0 Å². The standard InChI is InChI=1S/C11H12ClF3N2O2/c12-8-3-7(11(13,14)15)4-16-9(8)17-5-10(18)1-2-19-6-10/h3-4,18H,1-2,5-6H2,(H,16,17). The summed E-state index contributed by atoms with van der Waals surface area (Å²) in [6.07, 6.45) is -3.33. The largest absolute Gasteiger partial charge is 0.417 e. The van der Waals surface area contributed by atoms with Crippen molar-refractivity contribution >= 4 is 17.4 Å². The van der Waals surface area contributed by atoms with Crippen molar-refractivity contribution in [2.75, 3.05) is 25.1 Å². The molecule has 1 aromatic rings. The van der Waals surface area contributed by atoms with Crippen molar-refractivity contribution in [3.8, 4) is 0 Å². The third-order valence-corrected chi connectivity index (χ3v) is 3.12. The van der Waals surface area contributed by atoms with Crippen LogP contribution in [0.3, 0.4) is 0 Å². The van der Waals surface area contributed by atoms with Gasteiger partial charge in [-0.1, -0.05) is 11.6 Å². The molecular weight excluding hydrogens is 285 g/mol. The van der Waals surface area contributed by atoms with E-state index in [1.54, 1.807) is 0 Å². The van der Waals surface area contributed by atoms with E-state index in [9.17, 15) is 18.3 Å². The molecular formula is C11H12ClF3N2O2. The predicted molar refractivity (Wildman–Crippen MR) is 63.1 cm³/mol. The van der Waals surface area contributed by atoms with Gasteiger partial charge in [0, 0.05) is 25.8 Å². The number of halogens is 4. The summed E-state index contributed by atoms with van der Waals surface area (Å²) in [5, 5.41) is 12.6. The molecule has 8 heteroatoms. The maximum atomic E-state index is 12.4. The van der Waals surface area contributed by atoms with Gasteiger partial charge in [0.15, 0.2) is 0 Å². The number of pyridine rings is 1. The Labute approximate surface area is 112 Å². The number of rotatable bonds is 3. The third kappa shape index (κ3) is 3.49. The first-order valence-corrected chi connectivity index (χ1v) is 5.95. The minimum absolute atomic E-state index is 0.106. The van der Waals surface area contributed by atoms with Crippen LogP contribution in [0.2, 0.25) is 5.02 Å². The Hall–Kier alpha value is -1.05. The molecule has 19 heavy (non-hydrogen) atoms.